The number of rotatable bonds is 4. The first-order chi connectivity index (χ1) is 15.1. The second kappa shape index (κ2) is 7.75. The van der Waals surface area contributed by atoms with Crippen LogP contribution in [0.4, 0.5) is 5.69 Å². The summed E-state index contributed by atoms with van der Waals surface area (Å²) in [5.74, 6) is -0.278. The third-order valence-corrected chi connectivity index (χ3v) is 5.70. The Morgan fingerprint density at radius 2 is 2.03 bits per heavy atom. The van der Waals surface area contributed by atoms with Crippen LogP contribution in [0.25, 0.3) is 10.9 Å². The summed E-state index contributed by atoms with van der Waals surface area (Å²) in [6, 6.07) is 17.6. The van der Waals surface area contributed by atoms with Gasteiger partial charge >= 0.3 is 0 Å². The predicted molar refractivity (Wildman–Crippen MR) is 119 cm³/mol. The molecule has 0 saturated carbocycles. The van der Waals surface area contributed by atoms with Crippen molar-refractivity contribution in [2.75, 3.05) is 11.9 Å². The van der Waals surface area contributed by atoms with Crippen LogP contribution in [0.3, 0.4) is 0 Å². The molecule has 0 bridgehead atoms. The van der Waals surface area contributed by atoms with Gasteiger partial charge in [0.25, 0.3) is 11.8 Å². The molecule has 2 amide bonds. The lowest BCUT2D eigenvalue weighted by atomic mass is 10.1. The number of aromatic nitrogens is 3. The number of benzene rings is 2. The highest BCUT2D eigenvalue weighted by molar-refractivity contribution is 6.07. The molecule has 0 radical (unpaired) electrons. The zero-order valence-electron chi connectivity index (χ0n) is 17.2. The number of nitrogens with zero attached hydrogens (tertiary/aromatic N) is 3. The molecule has 5 rings (SSSR count). The highest BCUT2D eigenvalue weighted by Crippen LogP contribution is 2.28. The SMILES string of the molecule is CC1CCNC(=O)c2cc3ccc(C(=O)Nc4cnn(Cc5ccccc5)c4)cc3n21. The van der Waals surface area contributed by atoms with E-state index in [2.05, 4.69) is 22.7 Å². The Balaban J connectivity index is 1.39. The van der Waals surface area contributed by atoms with Crippen molar-refractivity contribution < 1.29 is 9.59 Å². The number of anilines is 1. The largest absolute Gasteiger partial charge is 0.351 e. The molecule has 0 spiro atoms. The summed E-state index contributed by atoms with van der Waals surface area (Å²) in [7, 11) is 0. The maximum atomic E-state index is 12.9. The van der Waals surface area contributed by atoms with Crippen LogP contribution in [0.15, 0.2) is 67.0 Å². The molecule has 3 heterocycles. The summed E-state index contributed by atoms with van der Waals surface area (Å²) >= 11 is 0. The summed E-state index contributed by atoms with van der Waals surface area (Å²) in [5, 5.41) is 11.1. The first-order valence-electron chi connectivity index (χ1n) is 10.4. The van der Waals surface area contributed by atoms with Gasteiger partial charge in [0.2, 0.25) is 0 Å². The Morgan fingerprint density at radius 1 is 1.19 bits per heavy atom. The number of amides is 2. The second-order valence-electron chi connectivity index (χ2n) is 7.93. The Bertz CT molecular complexity index is 1270. The van der Waals surface area contributed by atoms with Gasteiger partial charge in [0.15, 0.2) is 0 Å². The fourth-order valence-electron chi connectivity index (χ4n) is 4.11. The first-order valence-corrected chi connectivity index (χ1v) is 10.4. The van der Waals surface area contributed by atoms with Crippen molar-refractivity contribution in [3.8, 4) is 0 Å². The molecule has 0 fully saturated rings. The highest BCUT2D eigenvalue weighted by atomic mass is 16.2. The average molecular weight is 413 g/mol. The summed E-state index contributed by atoms with van der Waals surface area (Å²) < 4.78 is 3.83. The molecular formula is C24H23N5O2. The lowest BCUT2D eigenvalue weighted by Crippen LogP contribution is -2.22. The van der Waals surface area contributed by atoms with E-state index < -0.39 is 0 Å². The van der Waals surface area contributed by atoms with Crippen LogP contribution < -0.4 is 10.6 Å². The molecule has 2 N–H and O–H groups in total. The summed E-state index contributed by atoms with van der Waals surface area (Å²) in [4.78, 5) is 25.3. The molecule has 1 unspecified atom stereocenters. The molecule has 2 aromatic heterocycles. The Morgan fingerprint density at radius 3 is 2.87 bits per heavy atom. The van der Waals surface area contributed by atoms with Crippen molar-refractivity contribution in [1.82, 2.24) is 19.7 Å². The van der Waals surface area contributed by atoms with Crippen molar-refractivity contribution in [3.63, 3.8) is 0 Å². The van der Waals surface area contributed by atoms with E-state index in [1.165, 1.54) is 0 Å². The minimum absolute atomic E-state index is 0.0719. The van der Waals surface area contributed by atoms with E-state index in [0.29, 0.717) is 30.0 Å². The molecule has 1 atom stereocenters. The van der Waals surface area contributed by atoms with Crippen molar-refractivity contribution in [1.29, 1.82) is 0 Å². The number of nitrogens with one attached hydrogen (secondary N) is 2. The van der Waals surface area contributed by atoms with E-state index >= 15 is 0 Å². The number of hydrogen-bond acceptors (Lipinski definition) is 3. The molecule has 156 valence electrons. The number of fused-ring (bicyclic) bond motifs is 3. The third-order valence-electron chi connectivity index (χ3n) is 5.70. The molecule has 1 aliphatic heterocycles. The van der Waals surface area contributed by atoms with Crippen LogP contribution in [-0.2, 0) is 6.54 Å². The van der Waals surface area contributed by atoms with E-state index in [1.807, 2.05) is 59.3 Å². The van der Waals surface area contributed by atoms with Crippen molar-refractivity contribution in [2.45, 2.75) is 25.9 Å². The Kier molecular flexibility index (Phi) is 4.78. The van der Waals surface area contributed by atoms with Crippen molar-refractivity contribution in [2.24, 2.45) is 0 Å². The van der Waals surface area contributed by atoms with Crippen molar-refractivity contribution >= 4 is 28.4 Å². The zero-order valence-corrected chi connectivity index (χ0v) is 17.2. The van der Waals surface area contributed by atoms with Gasteiger partial charge in [0, 0.05) is 35.2 Å². The quantitative estimate of drug-likeness (QED) is 0.534. The van der Waals surface area contributed by atoms with Crippen molar-refractivity contribution in [3.05, 3.63) is 83.8 Å². The second-order valence-corrected chi connectivity index (χ2v) is 7.93. The maximum Gasteiger partial charge on any atom is 0.267 e. The summed E-state index contributed by atoms with van der Waals surface area (Å²) in [6.45, 7) is 3.38. The van der Waals surface area contributed by atoms with Gasteiger partial charge in [0.05, 0.1) is 18.4 Å². The molecule has 31 heavy (non-hydrogen) atoms. The van der Waals surface area contributed by atoms with Gasteiger partial charge < -0.3 is 15.2 Å². The van der Waals surface area contributed by atoms with E-state index in [1.54, 1.807) is 16.9 Å². The van der Waals surface area contributed by atoms with E-state index in [9.17, 15) is 9.59 Å². The normalized spacial score (nSPS) is 15.9. The standard InChI is InChI=1S/C24H23N5O2/c1-16-9-10-25-24(31)22-11-18-7-8-19(12-21(18)29(16)22)23(30)27-20-13-26-28(15-20)14-17-5-3-2-4-6-17/h2-8,11-13,15-16H,9-10,14H2,1H3,(H,25,31)(H,27,30). The number of carbonyl (C=O) groups is 2. The van der Waals surface area contributed by atoms with Crippen LogP contribution in [0.5, 0.6) is 0 Å². The van der Waals surface area contributed by atoms with Crippen LogP contribution in [0, 0.1) is 0 Å². The predicted octanol–water partition coefficient (Wildman–Crippen LogP) is 3.83. The fourth-order valence-corrected chi connectivity index (χ4v) is 4.11. The van der Waals surface area contributed by atoms with Gasteiger partial charge in [-0.2, -0.15) is 5.10 Å². The average Bonchev–Trinajstić information content (AvgIpc) is 3.34. The lowest BCUT2D eigenvalue weighted by molar-refractivity contribution is 0.0950. The molecule has 0 saturated heterocycles. The van der Waals surface area contributed by atoms with E-state index in [4.69, 9.17) is 0 Å². The van der Waals surface area contributed by atoms with Gasteiger partial charge in [-0.15, -0.1) is 0 Å². The monoisotopic (exact) mass is 413 g/mol. The molecule has 1 aliphatic rings. The minimum atomic E-state index is -0.206. The van der Waals surface area contributed by atoms with Crippen LogP contribution >= 0.6 is 0 Å². The van der Waals surface area contributed by atoms with Crippen LogP contribution in [-0.4, -0.2) is 32.7 Å². The topological polar surface area (TPSA) is 81.0 Å². The van der Waals surface area contributed by atoms with E-state index in [0.717, 1.165) is 22.9 Å². The summed E-state index contributed by atoms with van der Waals surface area (Å²) in [6.07, 6.45) is 4.31. The lowest BCUT2D eigenvalue weighted by Gasteiger charge is -2.14. The maximum absolute atomic E-state index is 12.9. The Labute approximate surface area is 179 Å². The molecule has 0 aliphatic carbocycles. The molecule has 7 nitrogen and oxygen atoms in total. The number of carbonyl (C=O) groups excluding carboxylic acids is 2. The third kappa shape index (κ3) is 3.70. The molecule has 2 aromatic carbocycles. The van der Waals surface area contributed by atoms with Crippen LogP contribution in [0.1, 0.15) is 45.8 Å². The molecule has 4 aromatic rings. The van der Waals surface area contributed by atoms with Gasteiger partial charge in [-0.25, -0.2) is 0 Å². The number of hydrogen-bond donors (Lipinski definition) is 2. The van der Waals surface area contributed by atoms with E-state index in [-0.39, 0.29) is 17.9 Å². The minimum Gasteiger partial charge on any atom is -0.351 e. The first kappa shape index (κ1) is 19.1. The zero-order chi connectivity index (χ0) is 21.4. The smallest absolute Gasteiger partial charge is 0.267 e. The fraction of sp³-hybridized carbons (Fsp3) is 0.208. The Hall–Kier alpha value is -3.87. The highest BCUT2D eigenvalue weighted by Gasteiger charge is 2.23. The molecule has 7 heteroatoms. The van der Waals surface area contributed by atoms with Crippen LogP contribution in [0.2, 0.25) is 0 Å². The van der Waals surface area contributed by atoms with Gasteiger partial charge in [-0.05, 0) is 37.1 Å². The van der Waals surface area contributed by atoms with Gasteiger partial charge in [-0.1, -0.05) is 36.4 Å². The van der Waals surface area contributed by atoms with Gasteiger partial charge in [0.1, 0.15) is 5.69 Å². The summed E-state index contributed by atoms with van der Waals surface area (Å²) in [5.41, 5.74) is 3.86. The molecular weight excluding hydrogens is 390 g/mol. The van der Waals surface area contributed by atoms with Gasteiger partial charge in [-0.3, -0.25) is 14.3 Å².